The van der Waals surface area contributed by atoms with Crippen LogP contribution in [0.25, 0.3) is 0 Å². The van der Waals surface area contributed by atoms with E-state index in [1.165, 1.54) is 0 Å². The SMILES string of the molecule is CC(C(=O)c1ccc(F)cn1)C(=O)C(F)F. The third-order valence-corrected chi connectivity index (χ3v) is 2.01. The highest BCUT2D eigenvalue weighted by Crippen LogP contribution is 2.12. The van der Waals surface area contributed by atoms with Crippen LogP contribution in [0, 0.1) is 11.7 Å². The standard InChI is InChI=1S/C10H8F3NO2/c1-5(9(16)10(12)13)8(15)7-3-2-6(11)4-14-7/h2-5,10H,1H3. The summed E-state index contributed by atoms with van der Waals surface area (Å²) in [6.45, 7) is 1.07. The average Bonchev–Trinajstić information content (AvgIpc) is 2.27. The Morgan fingerprint density at radius 2 is 1.94 bits per heavy atom. The van der Waals surface area contributed by atoms with Crippen LogP contribution in [0.15, 0.2) is 18.3 Å². The van der Waals surface area contributed by atoms with Crippen molar-refractivity contribution in [3.05, 3.63) is 29.8 Å². The van der Waals surface area contributed by atoms with Crippen molar-refractivity contribution in [2.24, 2.45) is 5.92 Å². The summed E-state index contributed by atoms with van der Waals surface area (Å²) in [5.74, 6) is -4.43. The number of rotatable bonds is 4. The van der Waals surface area contributed by atoms with Gasteiger partial charge in [0.2, 0.25) is 5.78 Å². The molecule has 1 aromatic heterocycles. The van der Waals surface area contributed by atoms with E-state index in [4.69, 9.17) is 0 Å². The molecule has 0 saturated carbocycles. The summed E-state index contributed by atoms with van der Waals surface area (Å²) in [4.78, 5) is 25.7. The first-order valence-electron chi connectivity index (χ1n) is 4.41. The molecule has 0 aliphatic carbocycles. The van der Waals surface area contributed by atoms with E-state index in [0.717, 1.165) is 25.3 Å². The molecule has 1 atom stereocenters. The lowest BCUT2D eigenvalue weighted by molar-refractivity contribution is -0.131. The zero-order valence-electron chi connectivity index (χ0n) is 8.28. The summed E-state index contributed by atoms with van der Waals surface area (Å²) in [6.07, 6.45) is -2.41. The van der Waals surface area contributed by atoms with Gasteiger partial charge in [-0.25, -0.2) is 13.2 Å². The smallest absolute Gasteiger partial charge is 0.292 e. The van der Waals surface area contributed by atoms with E-state index < -0.39 is 29.7 Å². The Kier molecular flexibility index (Phi) is 3.76. The molecule has 0 N–H and O–H groups in total. The van der Waals surface area contributed by atoms with Crippen LogP contribution >= 0.6 is 0 Å². The Labute approximate surface area is 89.3 Å². The van der Waals surface area contributed by atoms with Gasteiger partial charge in [-0.3, -0.25) is 14.6 Å². The van der Waals surface area contributed by atoms with Crippen molar-refractivity contribution in [3.63, 3.8) is 0 Å². The van der Waals surface area contributed by atoms with Crippen molar-refractivity contribution in [2.45, 2.75) is 13.3 Å². The Hall–Kier alpha value is -1.72. The lowest BCUT2D eigenvalue weighted by Crippen LogP contribution is -2.27. The average molecular weight is 231 g/mol. The van der Waals surface area contributed by atoms with E-state index in [-0.39, 0.29) is 5.69 Å². The molecule has 0 radical (unpaired) electrons. The number of aromatic nitrogens is 1. The van der Waals surface area contributed by atoms with Gasteiger partial charge in [0.05, 0.1) is 12.1 Å². The minimum absolute atomic E-state index is 0.206. The van der Waals surface area contributed by atoms with E-state index in [1.54, 1.807) is 0 Å². The molecule has 0 bridgehead atoms. The van der Waals surface area contributed by atoms with Gasteiger partial charge >= 0.3 is 0 Å². The molecule has 6 heteroatoms. The number of hydrogen-bond donors (Lipinski definition) is 0. The first-order valence-corrected chi connectivity index (χ1v) is 4.41. The molecule has 0 spiro atoms. The number of nitrogens with zero attached hydrogens (tertiary/aromatic N) is 1. The zero-order chi connectivity index (χ0) is 12.3. The number of ketones is 2. The van der Waals surface area contributed by atoms with Crippen LogP contribution in [0.3, 0.4) is 0 Å². The zero-order valence-corrected chi connectivity index (χ0v) is 8.28. The van der Waals surface area contributed by atoms with Gasteiger partial charge in [-0.1, -0.05) is 0 Å². The van der Waals surface area contributed by atoms with Gasteiger partial charge in [-0.05, 0) is 19.1 Å². The molecule has 3 nitrogen and oxygen atoms in total. The van der Waals surface area contributed by atoms with Crippen molar-refractivity contribution in [1.29, 1.82) is 0 Å². The van der Waals surface area contributed by atoms with Crippen molar-refractivity contribution < 1.29 is 22.8 Å². The van der Waals surface area contributed by atoms with Crippen molar-refractivity contribution in [3.8, 4) is 0 Å². The van der Waals surface area contributed by atoms with E-state index in [9.17, 15) is 22.8 Å². The van der Waals surface area contributed by atoms with Gasteiger partial charge in [0, 0.05) is 0 Å². The third-order valence-electron chi connectivity index (χ3n) is 2.01. The number of halogens is 3. The molecular weight excluding hydrogens is 223 g/mol. The molecule has 0 saturated heterocycles. The number of hydrogen-bond acceptors (Lipinski definition) is 3. The summed E-state index contributed by atoms with van der Waals surface area (Å²) in [5.41, 5.74) is -0.206. The lowest BCUT2D eigenvalue weighted by Gasteiger charge is -2.07. The second kappa shape index (κ2) is 4.87. The second-order valence-corrected chi connectivity index (χ2v) is 3.15. The van der Waals surface area contributed by atoms with E-state index in [0.29, 0.717) is 0 Å². The molecular formula is C10H8F3NO2. The molecule has 0 aliphatic rings. The van der Waals surface area contributed by atoms with Crippen LogP contribution in [-0.4, -0.2) is 23.0 Å². The minimum Gasteiger partial charge on any atom is -0.292 e. The molecule has 16 heavy (non-hydrogen) atoms. The maximum atomic E-state index is 12.5. The molecule has 1 rings (SSSR count). The monoisotopic (exact) mass is 231 g/mol. The van der Waals surface area contributed by atoms with Crippen molar-refractivity contribution in [2.75, 3.05) is 0 Å². The summed E-state index contributed by atoms with van der Waals surface area (Å²) >= 11 is 0. The fourth-order valence-corrected chi connectivity index (χ4v) is 1.06. The lowest BCUT2D eigenvalue weighted by atomic mass is 9.99. The molecule has 1 unspecified atom stereocenters. The fourth-order valence-electron chi connectivity index (χ4n) is 1.06. The van der Waals surface area contributed by atoms with Crippen LogP contribution in [-0.2, 0) is 4.79 Å². The largest absolute Gasteiger partial charge is 0.296 e. The highest BCUT2D eigenvalue weighted by atomic mass is 19.3. The number of carbonyl (C=O) groups excluding carboxylic acids is 2. The molecule has 0 amide bonds. The number of Topliss-reactive ketones (excluding diaryl/α,β-unsaturated/α-hetero) is 2. The van der Waals surface area contributed by atoms with Gasteiger partial charge in [-0.2, -0.15) is 0 Å². The normalized spacial score (nSPS) is 12.6. The van der Waals surface area contributed by atoms with Crippen molar-refractivity contribution >= 4 is 11.6 Å². The summed E-state index contributed by atoms with van der Waals surface area (Å²) in [7, 11) is 0. The third kappa shape index (κ3) is 2.65. The summed E-state index contributed by atoms with van der Waals surface area (Å²) in [5, 5.41) is 0. The first-order chi connectivity index (χ1) is 7.43. The van der Waals surface area contributed by atoms with Crippen LogP contribution in [0.5, 0.6) is 0 Å². The van der Waals surface area contributed by atoms with Crippen LogP contribution in [0.4, 0.5) is 13.2 Å². The van der Waals surface area contributed by atoms with Crippen LogP contribution in [0.1, 0.15) is 17.4 Å². The maximum absolute atomic E-state index is 12.5. The van der Waals surface area contributed by atoms with Gasteiger partial charge in [0.25, 0.3) is 6.43 Å². The number of alkyl halides is 2. The maximum Gasteiger partial charge on any atom is 0.296 e. The second-order valence-electron chi connectivity index (χ2n) is 3.15. The number of pyridine rings is 1. The van der Waals surface area contributed by atoms with Crippen LogP contribution in [0.2, 0.25) is 0 Å². The molecule has 86 valence electrons. The highest BCUT2D eigenvalue weighted by Gasteiger charge is 2.29. The van der Waals surface area contributed by atoms with Gasteiger partial charge in [0.15, 0.2) is 5.78 Å². The Morgan fingerprint density at radius 1 is 1.31 bits per heavy atom. The Morgan fingerprint density at radius 3 is 2.38 bits per heavy atom. The fraction of sp³-hybridized carbons (Fsp3) is 0.300. The molecule has 0 fully saturated rings. The summed E-state index contributed by atoms with van der Waals surface area (Å²) < 4.78 is 36.6. The first kappa shape index (κ1) is 12.4. The molecule has 0 aromatic carbocycles. The Balaban J connectivity index is 2.86. The predicted molar refractivity (Wildman–Crippen MR) is 48.7 cm³/mol. The van der Waals surface area contributed by atoms with Crippen molar-refractivity contribution in [1.82, 2.24) is 4.98 Å². The Bertz CT molecular complexity index is 403. The predicted octanol–water partition coefficient (Wildman–Crippen LogP) is 1.87. The summed E-state index contributed by atoms with van der Waals surface area (Å²) in [6, 6.07) is 2.02. The molecule has 1 heterocycles. The van der Waals surface area contributed by atoms with E-state index in [2.05, 4.69) is 4.98 Å². The highest BCUT2D eigenvalue weighted by molar-refractivity contribution is 6.10. The van der Waals surface area contributed by atoms with Gasteiger partial charge in [-0.15, -0.1) is 0 Å². The number of carbonyl (C=O) groups is 2. The quantitative estimate of drug-likeness (QED) is 0.587. The minimum atomic E-state index is -3.20. The molecule has 0 aliphatic heterocycles. The topological polar surface area (TPSA) is 47.0 Å². The van der Waals surface area contributed by atoms with E-state index in [1.807, 2.05) is 0 Å². The van der Waals surface area contributed by atoms with Gasteiger partial charge in [0.1, 0.15) is 11.5 Å². The van der Waals surface area contributed by atoms with Gasteiger partial charge < -0.3 is 0 Å². The molecule has 1 aromatic rings. The van der Waals surface area contributed by atoms with E-state index >= 15 is 0 Å². The van der Waals surface area contributed by atoms with Crippen LogP contribution < -0.4 is 0 Å².